The van der Waals surface area contributed by atoms with Crippen LogP contribution in [0, 0.1) is 0 Å². The molecule has 2 aromatic rings. The summed E-state index contributed by atoms with van der Waals surface area (Å²) in [6, 6.07) is 7.52. The maximum Gasteiger partial charge on any atom is 0.295 e. The molecular formula is C20H21NO6. The first kappa shape index (κ1) is 18.6. The zero-order valence-corrected chi connectivity index (χ0v) is 15.4. The van der Waals surface area contributed by atoms with Crippen LogP contribution in [0.1, 0.15) is 30.7 Å². The molecule has 0 aliphatic carbocycles. The van der Waals surface area contributed by atoms with Crippen LogP contribution in [-0.4, -0.2) is 42.5 Å². The summed E-state index contributed by atoms with van der Waals surface area (Å²) in [6.07, 6.45) is 2.12. The number of carbonyl (C=O) groups excluding carboxylic acids is 2. The number of aliphatic hydroxyl groups excluding tert-OH is 1. The summed E-state index contributed by atoms with van der Waals surface area (Å²) in [7, 11) is 2.90. The number of ether oxygens (including phenoxy) is 2. The second kappa shape index (κ2) is 7.57. The van der Waals surface area contributed by atoms with Gasteiger partial charge in [-0.25, -0.2) is 0 Å². The molecule has 0 bridgehead atoms. The van der Waals surface area contributed by atoms with Crippen LogP contribution >= 0.6 is 0 Å². The number of likely N-dealkylation sites (tertiary alicyclic amines) is 1. The molecule has 27 heavy (non-hydrogen) atoms. The lowest BCUT2D eigenvalue weighted by molar-refractivity contribution is -0.140. The van der Waals surface area contributed by atoms with Gasteiger partial charge < -0.3 is 23.9 Å². The second-order valence-corrected chi connectivity index (χ2v) is 6.05. The van der Waals surface area contributed by atoms with E-state index >= 15 is 0 Å². The van der Waals surface area contributed by atoms with Gasteiger partial charge in [0.05, 0.1) is 26.1 Å². The lowest BCUT2D eigenvalue weighted by Gasteiger charge is -2.23. The Kier molecular flexibility index (Phi) is 5.21. The van der Waals surface area contributed by atoms with E-state index < -0.39 is 17.7 Å². The predicted octanol–water partition coefficient (Wildman–Crippen LogP) is 3.13. The van der Waals surface area contributed by atoms with Crippen molar-refractivity contribution in [3.8, 4) is 11.5 Å². The van der Waals surface area contributed by atoms with Crippen molar-refractivity contribution in [3.63, 3.8) is 0 Å². The molecule has 1 N–H and O–H groups in total. The average Bonchev–Trinajstić information content (AvgIpc) is 3.29. The van der Waals surface area contributed by atoms with Gasteiger partial charge in [0.25, 0.3) is 11.7 Å². The SMILES string of the molecule is CCCN1C(=O)C(=O)/C(=C(/O)c2c(OC)cccc2OC)C1c1ccco1. The normalized spacial score (nSPS) is 18.8. The minimum atomic E-state index is -0.811. The fraction of sp³-hybridized carbons (Fsp3) is 0.300. The van der Waals surface area contributed by atoms with Gasteiger partial charge in [0.1, 0.15) is 34.6 Å². The molecule has 1 aliphatic heterocycles. The second-order valence-electron chi connectivity index (χ2n) is 6.05. The Labute approximate surface area is 156 Å². The molecular weight excluding hydrogens is 350 g/mol. The topological polar surface area (TPSA) is 89.2 Å². The zero-order chi connectivity index (χ0) is 19.6. The highest BCUT2D eigenvalue weighted by Gasteiger charge is 2.47. The summed E-state index contributed by atoms with van der Waals surface area (Å²) in [5.41, 5.74) is 0.166. The maximum atomic E-state index is 12.8. The Morgan fingerprint density at radius 1 is 1.15 bits per heavy atom. The van der Waals surface area contributed by atoms with Crippen molar-refractivity contribution < 1.29 is 28.6 Å². The van der Waals surface area contributed by atoms with Gasteiger partial charge in [-0.3, -0.25) is 9.59 Å². The number of benzene rings is 1. The zero-order valence-electron chi connectivity index (χ0n) is 15.4. The van der Waals surface area contributed by atoms with E-state index in [2.05, 4.69) is 0 Å². The number of hydrogen-bond donors (Lipinski definition) is 1. The third-order valence-corrected chi connectivity index (χ3v) is 4.48. The van der Waals surface area contributed by atoms with Gasteiger partial charge in [0.15, 0.2) is 0 Å². The van der Waals surface area contributed by atoms with Gasteiger partial charge >= 0.3 is 0 Å². The summed E-state index contributed by atoms with van der Waals surface area (Å²) in [5.74, 6) is -0.747. The van der Waals surface area contributed by atoms with E-state index in [4.69, 9.17) is 13.9 Å². The molecule has 0 radical (unpaired) electrons. The summed E-state index contributed by atoms with van der Waals surface area (Å²) in [6.45, 7) is 2.26. The van der Waals surface area contributed by atoms with Gasteiger partial charge in [-0.1, -0.05) is 13.0 Å². The Morgan fingerprint density at radius 3 is 2.33 bits per heavy atom. The van der Waals surface area contributed by atoms with E-state index in [0.29, 0.717) is 30.2 Å². The molecule has 7 nitrogen and oxygen atoms in total. The number of Topliss-reactive ketones (excluding diaryl/α,β-unsaturated/α-hetero) is 1. The number of methoxy groups -OCH3 is 2. The molecule has 142 valence electrons. The van der Waals surface area contributed by atoms with E-state index in [1.54, 1.807) is 30.3 Å². The molecule has 1 unspecified atom stereocenters. The molecule has 7 heteroatoms. The first-order valence-electron chi connectivity index (χ1n) is 8.58. The molecule has 0 saturated carbocycles. The van der Waals surface area contributed by atoms with E-state index in [9.17, 15) is 14.7 Å². The predicted molar refractivity (Wildman–Crippen MR) is 97.6 cm³/mol. The minimum Gasteiger partial charge on any atom is -0.506 e. The quantitative estimate of drug-likeness (QED) is 0.477. The smallest absolute Gasteiger partial charge is 0.295 e. The fourth-order valence-electron chi connectivity index (χ4n) is 3.31. The molecule has 0 spiro atoms. The molecule has 1 aromatic heterocycles. The Bertz CT molecular complexity index is 862. The van der Waals surface area contributed by atoms with E-state index in [1.165, 1.54) is 25.4 Å². The van der Waals surface area contributed by atoms with Gasteiger partial charge in [0, 0.05) is 6.54 Å². The number of amides is 1. The molecule has 1 saturated heterocycles. The Balaban J connectivity index is 2.26. The number of aliphatic hydroxyl groups is 1. The lowest BCUT2D eigenvalue weighted by Crippen LogP contribution is -2.30. The van der Waals surface area contributed by atoms with Crippen molar-refractivity contribution in [1.82, 2.24) is 4.90 Å². The summed E-state index contributed by atoms with van der Waals surface area (Å²) in [5, 5.41) is 11.1. The van der Waals surface area contributed by atoms with Crippen LogP contribution in [0.2, 0.25) is 0 Å². The van der Waals surface area contributed by atoms with Crippen molar-refractivity contribution >= 4 is 17.4 Å². The van der Waals surface area contributed by atoms with Crippen LogP contribution in [0.15, 0.2) is 46.6 Å². The third kappa shape index (κ3) is 3.05. The molecule has 1 atom stereocenters. The number of ketones is 1. The molecule has 1 aromatic carbocycles. The van der Waals surface area contributed by atoms with Crippen molar-refractivity contribution in [2.75, 3.05) is 20.8 Å². The van der Waals surface area contributed by atoms with Gasteiger partial charge in [-0.2, -0.15) is 0 Å². The lowest BCUT2D eigenvalue weighted by atomic mass is 9.98. The fourth-order valence-corrected chi connectivity index (χ4v) is 3.31. The van der Waals surface area contributed by atoms with Crippen LogP contribution in [-0.2, 0) is 9.59 Å². The van der Waals surface area contributed by atoms with Gasteiger partial charge in [-0.05, 0) is 30.7 Å². The van der Waals surface area contributed by atoms with Crippen LogP contribution in [0.5, 0.6) is 11.5 Å². The highest BCUT2D eigenvalue weighted by molar-refractivity contribution is 6.46. The number of hydrogen-bond acceptors (Lipinski definition) is 6. The third-order valence-electron chi connectivity index (χ3n) is 4.48. The van der Waals surface area contributed by atoms with Crippen molar-refractivity contribution in [3.05, 3.63) is 53.5 Å². The molecule has 3 rings (SSSR count). The number of nitrogens with zero attached hydrogens (tertiary/aromatic N) is 1. The molecule has 1 aliphatic rings. The Morgan fingerprint density at radius 2 is 1.81 bits per heavy atom. The van der Waals surface area contributed by atoms with Crippen LogP contribution in [0.4, 0.5) is 0 Å². The molecule has 2 heterocycles. The summed E-state index contributed by atoms with van der Waals surface area (Å²) >= 11 is 0. The van der Waals surface area contributed by atoms with E-state index in [0.717, 1.165) is 0 Å². The van der Waals surface area contributed by atoms with Gasteiger partial charge in [-0.15, -0.1) is 0 Å². The van der Waals surface area contributed by atoms with E-state index in [1.807, 2.05) is 6.92 Å². The first-order valence-corrected chi connectivity index (χ1v) is 8.58. The first-order chi connectivity index (χ1) is 13.0. The van der Waals surface area contributed by atoms with Crippen molar-refractivity contribution in [1.29, 1.82) is 0 Å². The summed E-state index contributed by atoms with van der Waals surface area (Å²) < 4.78 is 16.1. The summed E-state index contributed by atoms with van der Waals surface area (Å²) in [4.78, 5) is 26.8. The maximum absolute atomic E-state index is 12.8. The standard InChI is InChI=1S/C20H21NO6/c1-4-10-21-17(14-9-6-11-27-14)16(19(23)20(21)24)18(22)15-12(25-2)7-5-8-13(15)26-3/h5-9,11,17,22H,4,10H2,1-3H3/b18-16+. The number of furan rings is 1. The highest BCUT2D eigenvalue weighted by atomic mass is 16.5. The van der Waals surface area contributed by atoms with Crippen molar-refractivity contribution in [2.24, 2.45) is 0 Å². The largest absolute Gasteiger partial charge is 0.506 e. The average molecular weight is 371 g/mol. The Hall–Kier alpha value is -3.22. The van der Waals surface area contributed by atoms with Gasteiger partial charge in [0.2, 0.25) is 0 Å². The minimum absolute atomic E-state index is 0.0498. The molecule has 1 amide bonds. The van der Waals surface area contributed by atoms with E-state index in [-0.39, 0.29) is 16.9 Å². The van der Waals surface area contributed by atoms with Crippen molar-refractivity contribution in [2.45, 2.75) is 19.4 Å². The number of rotatable bonds is 6. The monoisotopic (exact) mass is 371 g/mol. The van der Waals surface area contributed by atoms with Crippen LogP contribution in [0.25, 0.3) is 5.76 Å². The van der Waals surface area contributed by atoms with Crippen LogP contribution < -0.4 is 9.47 Å². The van der Waals surface area contributed by atoms with Crippen LogP contribution in [0.3, 0.4) is 0 Å². The number of carbonyl (C=O) groups is 2. The molecule has 1 fully saturated rings. The highest BCUT2D eigenvalue weighted by Crippen LogP contribution is 2.43.